The quantitative estimate of drug-likeness (QED) is 0.776. The summed E-state index contributed by atoms with van der Waals surface area (Å²) < 4.78 is 27.1. The molecule has 6 heteroatoms. The highest BCUT2D eigenvalue weighted by Crippen LogP contribution is 2.20. The van der Waals surface area contributed by atoms with E-state index >= 15 is 0 Å². The number of amides is 1. The van der Waals surface area contributed by atoms with Crippen molar-refractivity contribution >= 4 is 11.6 Å². The van der Waals surface area contributed by atoms with E-state index in [2.05, 4.69) is 15.5 Å². The van der Waals surface area contributed by atoms with Crippen LogP contribution in [0.1, 0.15) is 10.4 Å². The molecule has 2 N–H and O–H groups in total. The van der Waals surface area contributed by atoms with Gasteiger partial charge in [0, 0.05) is 11.9 Å². The summed E-state index contributed by atoms with van der Waals surface area (Å²) in [5, 5.41) is 9.14. The van der Waals surface area contributed by atoms with E-state index in [-0.39, 0.29) is 0 Å². The van der Waals surface area contributed by atoms with Crippen LogP contribution in [-0.4, -0.2) is 16.1 Å². The molecule has 1 heterocycles. The molecule has 110 valence electrons. The Morgan fingerprint density at radius 3 is 2.27 bits per heavy atom. The molecule has 3 rings (SSSR count). The Bertz CT molecular complexity index is 779. The van der Waals surface area contributed by atoms with Crippen molar-refractivity contribution in [3.05, 3.63) is 71.9 Å². The van der Waals surface area contributed by atoms with Crippen LogP contribution in [0.3, 0.4) is 0 Å². The van der Waals surface area contributed by atoms with Crippen molar-refractivity contribution in [3.63, 3.8) is 0 Å². The highest BCUT2D eigenvalue weighted by atomic mass is 19.1. The smallest absolute Gasteiger partial charge is 0.261 e. The van der Waals surface area contributed by atoms with Gasteiger partial charge in [-0.1, -0.05) is 18.2 Å². The van der Waals surface area contributed by atoms with E-state index in [0.29, 0.717) is 5.69 Å². The van der Waals surface area contributed by atoms with Crippen LogP contribution in [0.4, 0.5) is 14.5 Å². The zero-order valence-corrected chi connectivity index (χ0v) is 11.3. The SMILES string of the molecule is O=C(Nc1ccc(-c2ccn[nH]2)cc1)c1c(F)cccc1F. The number of hydrogen-bond donors (Lipinski definition) is 2. The first-order valence-electron chi connectivity index (χ1n) is 6.50. The molecule has 0 saturated carbocycles. The van der Waals surface area contributed by atoms with E-state index in [0.717, 1.165) is 23.4 Å². The highest BCUT2D eigenvalue weighted by molar-refractivity contribution is 6.04. The van der Waals surface area contributed by atoms with Gasteiger partial charge in [-0.25, -0.2) is 8.78 Å². The van der Waals surface area contributed by atoms with Gasteiger partial charge in [-0.05, 0) is 35.9 Å². The third kappa shape index (κ3) is 2.71. The van der Waals surface area contributed by atoms with E-state index in [1.807, 2.05) is 6.07 Å². The summed E-state index contributed by atoms with van der Waals surface area (Å²) in [4.78, 5) is 12.0. The molecule has 0 fully saturated rings. The van der Waals surface area contributed by atoms with Gasteiger partial charge in [-0.2, -0.15) is 5.10 Å². The monoisotopic (exact) mass is 299 g/mol. The Kier molecular flexibility index (Phi) is 3.65. The number of aromatic nitrogens is 2. The number of nitrogens with one attached hydrogen (secondary N) is 2. The minimum Gasteiger partial charge on any atom is -0.322 e. The van der Waals surface area contributed by atoms with Crippen LogP contribution < -0.4 is 5.32 Å². The molecular formula is C16H11F2N3O. The van der Waals surface area contributed by atoms with Gasteiger partial charge in [-0.3, -0.25) is 9.89 Å². The van der Waals surface area contributed by atoms with E-state index in [1.165, 1.54) is 6.07 Å². The summed E-state index contributed by atoms with van der Waals surface area (Å²) in [6, 6.07) is 11.9. The van der Waals surface area contributed by atoms with E-state index in [9.17, 15) is 13.6 Å². The van der Waals surface area contributed by atoms with Crippen molar-refractivity contribution in [3.8, 4) is 11.3 Å². The van der Waals surface area contributed by atoms with Crippen molar-refractivity contribution in [1.82, 2.24) is 10.2 Å². The Morgan fingerprint density at radius 1 is 1.00 bits per heavy atom. The second kappa shape index (κ2) is 5.77. The number of carbonyl (C=O) groups excluding carboxylic acids is 1. The lowest BCUT2D eigenvalue weighted by molar-refractivity contribution is 0.101. The maximum atomic E-state index is 13.5. The van der Waals surface area contributed by atoms with Crippen LogP contribution >= 0.6 is 0 Å². The topological polar surface area (TPSA) is 57.8 Å². The van der Waals surface area contributed by atoms with Gasteiger partial charge in [0.05, 0.1) is 5.69 Å². The van der Waals surface area contributed by atoms with Gasteiger partial charge < -0.3 is 5.32 Å². The molecule has 0 spiro atoms. The molecule has 0 aliphatic carbocycles. The summed E-state index contributed by atoms with van der Waals surface area (Å²) in [5.41, 5.74) is 1.56. The predicted octanol–water partition coefficient (Wildman–Crippen LogP) is 3.61. The van der Waals surface area contributed by atoms with Crippen molar-refractivity contribution in [1.29, 1.82) is 0 Å². The fourth-order valence-corrected chi connectivity index (χ4v) is 2.06. The van der Waals surface area contributed by atoms with Crippen LogP contribution in [0.5, 0.6) is 0 Å². The number of benzene rings is 2. The molecule has 0 atom stereocenters. The number of H-pyrrole nitrogens is 1. The van der Waals surface area contributed by atoms with Gasteiger partial charge in [0.1, 0.15) is 17.2 Å². The van der Waals surface area contributed by atoms with E-state index in [1.54, 1.807) is 30.5 Å². The Hall–Kier alpha value is -3.02. The minimum atomic E-state index is -0.897. The number of anilines is 1. The summed E-state index contributed by atoms with van der Waals surface area (Å²) >= 11 is 0. The van der Waals surface area contributed by atoms with E-state index < -0.39 is 23.1 Å². The molecule has 1 amide bonds. The lowest BCUT2D eigenvalue weighted by Gasteiger charge is -2.07. The predicted molar refractivity (Wildman–Crippen MR) is 78.3 cm³/mol. The maximum absolute atomic E-state index is 13.5. The molecule has 2 aromatic carbocycles. The van der Waals surface area contributed by atoms with Crippen molar-refractivity contribution in [2.75, 3.05) is 5.32 Å². The van der Waals surface area contributed by atoms with E-state index in [4.69, 9.17) is 0 Å². The zero-order chi connectivity index (χ0) is 15.5. The van der Waals surface area contributed by atoms with Crippen LogP contribution in [0.25, 0.3) is 11.3 Å². The van der Waals surface area contributed by atoms with Gasteiger partial charge >= 0.3 is 0 Å². The van der Waals surface area contributed by atoms with Crippen LogP contribution in [0, 0.1) is 11.6 Å². The van der Waals surface area contributed by atoms with Gasteiger partial charge in [0.2, 0.25) is 0 Å². The lowest BCUT2D eigenvalue weighted by atomic mass is 10.1. The van der Waals surface area contributed by atoms with Crippen molar-refractivity contribution in [2.24, 2.45) is 0 Å². The third-order valence-corrected chi connectivity index (χ3v) is 3.14. The number of hydrogen-bond acceptors (Lipinski definition) is 2. The second-order valence-corrected chi connectivity index (χ2v) is 4.60. The minimum absolute atomic E-state index is 0.441. The number of nitrogens with zero attached hydrogens (tertiary/aromatic N) is 1. The standard InChI is InChI=1S/C16H11F2N3O/c17-12-2-1-3-13(18)15(12)16(22)20-11-6-4-10(5-7-11)14-8-9-19-21-14/h1-9H,(H,19,21)(H,20,22). The molecule has 0 unspecified atom stereocenters. The Morgan fingerprint density at radius 2 is 1.68 bits per heavy atom. The van der Waals surface area contributed by atoms with Gasteiger partial charge in [0.15, 0.2) is 0 Å². The first-order valence-corrected chi connectivity index (χ1v) is 6.50. The normalized spacial score (nSPS) is 10.5. The molecule has 0 radical (unpaired) electrons. The third-order valence-electron chi connectivity index (χ3n) is 3.14. The van der Waals surface area contributed by atoms with Crippen LogP contribution in [0.2, 0.25) is 0 Å². The first kappa shape index (κ1) is 13.9. The number of carbonyl (C=O) groups is 1. The first-order chi connectivity index (χ1) is 10.6. The molecule has 0 aliphatic rings. The van der Waals surface area contributed by atoms with Crippen LogP contribution in [0.15, 0.2) is 54.7 Å². The molecule has 4 nitrogen and oxygen atoms in total. The Balaban J connectivity index is 1.80. The van der Waals surface area contributed by atoms with Crippen molar-refractivity contribution < 1.29 is 13.6 Å². The average Bonchev–Trinajstić information content (AvgIpc) is 3.02. The summed E-state index contributed by atoms with van der Waals surface area (Å²) in [7, 11) is 0. The lowest BCUT2D eigenvalue weighted by Crippen LogP contribution is -2.15. The second-order valence-electron chi connectivity index (χ2n) is 4.60. The number of aromatic amines is 1. The van der Waals surface area contributed by atoms with Crippen LogP contribution in [-0.2, 0) is 0 Å². The average molecular weight is 299 g/mol. The van der Waals surface area contributed by atoms with Crippen molar-refractivity contribution in [2.45, 2.75) is 0 Å². The summed E-state index contributed by atoms with van der Waals surface area (Å²) in [6.45, 7) is 0. The molecule has 22 heavy (non-hydrogen) atoms. The number of halogens is 2. The maximum Gasteiger partial charge on any atom is 0.261 e. The molecule has 0 aliphatic heterocycles. The molecule has 1 aromatic heterocycles. The van der Waals surface area contributed by atoms with Gasteiger partial charge in [0.25, 0.3) is 5.91 Å². The number of rotatable bonds is 3. The fourth-order valence-electron chi connectivity index (χ4n) is 2.06. The molecule has 3 aromatic rings. The summed E-state index contributed by atoms with van der Waals surface area (Å²) in [6.07, 6.45) is 1.63. The molecule has 0 saturated heterocycles. The molecular weight excluding hydrogens is 288 g/mol. The molecule has 0 bridgehead atoms. The zero-order valence-electron chi connectivity index (χ0n) is 11.3. The highest BCUT2D eigenvalue weighted by Gasteiger charge is 2.17. The largest absolute Gasteiger partial charge is 0.322 e. The Labute approximate surface area is 124 Å². The fraction of sp³-hybridized carbons (Fsp3) is 0. The van der Waals surface area contributed by atoms with Gasteiger partial charge in [-0.15, -0.1) is 0 Å². The summed E-state index contributed by atoms with van der Waals surface area (Å²) in [5.74, 6) is -2.62.